The van der Waals surface area contributed by atoms with Gasteiger partial charge in [0, 0.05) is 48.7 Å². The molecule has 2 N–H and O–H groups in total. The Morgan fingerprint density at radius 2 is 0.887 bits per heavy atom. The number of carbonyl (C=O) groups is 6. The molecular weight excluding hydrogens is 899 g/mol. The minimum atomic E-state index is -0.650. The molecular formula is C55H63N9O7. The van der Waals surface area contributed by atoms with Gasteiger partial charge in [0.25, 0.3) is 0 Å². The highest BCUT2D eigenvalue weighted by Crippen LogP contribution is 2.33. The predicted octanol–water partition coefficient (Wildman–Crippen LogP) is 6.46. The van der Waals surface area contributed by atoms with Gasteiger partial charge < -0.3 is 34.7 Å². The molecule has 16 heteroatoms. The Hall–Kier alpha value is -7.17. The summed E-state index contributed by atoms with van der Waals surface area (Å²) in [4.78, 5) is 98.6. The molecule has 370 valence electrons. The number of oxazole rings is 1. The average Bonchev–Trinajstić information content (AvgIpc) is 4.25. The summed E-state index contributed by atoms with van der Waals surface area (Å²) in [5.41, 5.74) is 4.32. The van der Waals surface area contributed by atoms with Crippen LogP contribution < -0.4 is 10.6 Å². The Kier molecular flexibility index (Phi) is 14.8. The lowest BCUT2D eigenvalue weighted by Crippen LogP contribution is -2.53. The van der Waals surface area contributed by atoms with E-state index in [4.69, 9.17) is 4.42 Å². The molecule has 6 atom stereocenters. The minimum Gasteiger partial charge on any atom is -0.436 e. The van der Waals surface area contributed by atoms with Crippen molar-refractivity contribution < 1.29 is 33.2 Å². The van der Waals surface area contributed by atoms with E-state index in [1.54, 1.807) is 50.1 Å². The molecule has 16 nitrogen and oxygen atoms in total. The van der Waals surface area contributed by atoms with Crippen LogP contribution in [0.2, 0.25) is 0 Å². The largest absolute Gasteiger partial charge is 0.436 e. The van der Waals surface area contributed by atoms with E-state index in [0.29, 0.717) is 93.3 Å². The van der Waals surface area contributed by atoms with E-state index < -0.39 is 36.3 Å². The van der Waals surface area contributed by atoms with Crippen LogP contribution in [-0.2, 0) is 28.8 Å². The first-order chi connectivity index (χ1) is 34.4. The van der Waals surface area contributed by atoms with Crippen molar-refractivity contribution in [3.05, 3.63) is 127 Å². The van der Waals surface area contributed by atoms with Crippen LogP contribution in [0.25, 0.3) is 22.8 Å². The van der Waals surface area contributed by atoms with Gasteiger partial charge in [-0.05, 0) is 139 Å². The summed E-state index contributed by atoms with van der Waals surface area (Å²) in [5.74, 6) is -0.229. The number of aromatic nitrogens is 1. The molecule has 4 aliphatic heterocycles. The van der Waals surface area contributed by atoms with Gasteiger partial charge in [0.1, 0.15) is 36.3 Å². The van der Waals surface area contributed by atoms with Crippen LogP contribution in [0.4, 0.5) is 11.4 Å². The number of benzene rings is 4. The molecule has 0 aliphatic carbocycles. The van der Waals surface area contributed by atoms with Crippen molar-refractivity contribution in [2.75, 3.05) is 65.0 Å². The topological polar surface area (TPSA) is 172 Å². The molecule has 0 radical (unpaired) electrons. The zero-order valence-electron chi connectivity index (χ0n) is 40.9. The second kappa shape index (κ2) is 21.4. The van der Waals surface area contributed by atoms with Gasteiger partial charge in [-0.15, -0.1) is 0 Å². The first-order valence-electron chi connectivity index (χ1n) is 24.8. The molecule has 71 heavy (non-hydrogen) atoms. The molecule has 6 amide bonds. The van der Waals surface area contributed by atoms with Crippen LogP contribution in [0.15, 0.2) is 120 Å². The van der Waals surface area contributed by atoms with Crippen LogP contribution in [0, 0.1) is 0 Å². The third-order valence-electron chi connectivity index (χ3n) is 14.4. The number of likely N-dealkylation sites (tertiary alicyclic amines) is 4. The summed E-state index contributed by atoms with van der Waals surface area (Å²) in [5, 5.41) is 6.00. The third kappa shape index (κ3) is 10.4. The normalized spacial score (nSPS) is 20.9. The Morgan fingerprint density at radius 3 is 1.30 bits per heavy atom. The lowest BCUT2D eigenvalue weighted by atomic mass is 10.0. The fourth-order valence-electron chi connectivity index (χ4n) is 10.9. The lowest BCUT2D eigenvalue weighted by molar-refractivity contribution is -0.148. The molecule has 9 rings (SSSR count). The fourth-order valence-corrected chi connectivity index (χ4v) is 10.9. The number of hydrogen-bond donors (Lipinski definition) is 2. The second-order valence-electron chi connectivity index (χ2n) is 19.5. The summed E-state index contributed by atoms with van der Waals surface area (Å²) in [6.07, 6.45) is 6.64. The maximum absolute atomic E-state index is 14.1. The van der Waals surface area contributed by atoms with Gasteiger partial charge in [-0.1, -0.05) is 60.7 Å². The first-order valence-corrected chi connectivity index (χ1v) is 24.8. The summed E-state index contributed by atoms with van der Waals surface area (Å²) in [6.45, 7) is 1.89. The molecule has 0 saturated carbocycles. The van der Waals surface area contributed by atoms with Crippen molar-refractivity contribution in [1.29, 1.82) is 0 Å². The van der Waals surface area contributed by atoms with Crippen LogP contribution in [-0.4, -0.2) is 148 Å². The van der Waals surface area contributed by atoms with Crippen molar-refractivity contribution in [3.63, 3.8) is 0 Å². The summed E-state index contributed by atoms with van der Waals surface area (Å²) >= 11 is 0. The number of hydrogen-bond acceptors (Lipinski definition) is 10. The first kappa shape index (κ1) is 48.8. The molecule has 0 spiro atoms. The van der Waals surface area contributed by atoms with Crippen molar-refractivity contribution in [3.8, 4) is 22.8 Å². The number of rotatable bonds is 14. The highest BCUT2D eigenvalue weighted by Gasteiger charge is 2.46. The lowest BCUT2D eigenvalue weighted by Gasteiger charge is -2.34. The van der Waals surface area contributed by atoms with E-state index in [1.165, 1.54) is 0 Å². The van der Waals surface area contributed by atoms with E-state index in [2.05, 4.69) is 15.6 Å². The van der Waals surface area contributed by atoms with Gasteiger partial charge in [0.15, 0.2) is 5.76 Å². The number of likely N-dealkylation sites (N-methyl/N-ethyl adjacent to an activating group) is 2. The van der Waals surface area contributed by atoms with Crippen molar-refractivity contribution in [2.24, 2.45) is 0 Å². The summed E-state index contributed by atoms with van der Waals surface area (Å²) < 4.78 is 6.16. The van der Waals surface area contributed by atoms with Gasteiger partial charge in [-0.25, -0.2) is 4.98 Å². The van der Waals surface area contributed by atoms with Gasteiger partial charge in [0.05, 0.1) is 6.20 Å². The number of anilines is 2. The zero-order chi connectivity index (χ0) is 49.8. The Labute approximate surface area is 414 Å². The maximum Gasteiger partial charge on any atom is 0.247 e. The van der Waals surface area contributed by atoms with Gasteiger partial charge in [0.2, 0.25) is 41.3 Å². The predicted molar refractivity (Wildman–Crippen MR) is 269 cm³/mol. The Morgan fingerprint density at radius 1 is 0.507 bits per heavy atom. The maximum atomic E-state index is 14.1. The van der Waals surface area contributed by atoms with E-state index in [-0.39, 0.29) is 35.4 Å². The monoisotopic (exact) mass is 961 g/mol. The quantitative estimate of drug-likeness (QED) is 0.126. The number of amides is 6. The van der Waals surface area contributed by atoms with Crippen molar-refractivity contribution >= 4 is 46.8 Å². The molecule has 1 aromatic heterocycles. The standard InChI is InChI=1S/C55H63N9O7/c1-59(2)47(37-15-7-5-8-16-37)54(69)63-33-13-21-44(63)52(67)61-31-11-19-42(61)49(65)57-40-27-23-36(24-28-40)46-35-56-51(71-46)39-25-29-41(30-26-39)58-50(66)43-20-12-32-62(43)53(68)45-22-14-34-64(45)55(70)48(60(3)4)38-17-9-6-10-18-38/h5-10,15-18,23-30,35,42-45,47-48H,11-14,19-22,31-34H2,1-4H3,(H,57,65)(H,58,66)/t42?,43?,44-,45-,47-,48-/m1/s1. The number of nitrogens with one attached hydrogen (secondary N) is 2. The van der Waals surface area contributed by atoms with Gasteiger partial charge in [-0.2, -0.15) is 0 Å². The van der Waals surface area contributed by atoms with Crippen molar-refractivity contribution in [2.45, 2.75) is 87.6 Å². The van der Waals surface area contributed by atoms with E-state index in [9.17, 15) is 28.8 Å². The molecule has 4 aromatic carbocycles. The molecule has 5 heterocycles. The van der Waals surface area contributed by atoms with Crippen LogP contribution in [0.3, 0.4) is 0 Å². The highest BCUT2D eigenvalue weighted by atomic mass is 16.4. The SMILES string of the molecule is CN(C)[C@@H](C(=O)N1CCC[C@@H]1C(=O)N1CCCC1C(=O)Nc1ccc(-c2cnc(-c3ccc(NC(=O)C4CCCN4C(=O)[C@H]4CCCN4C(=O)[C@@H](c4ccccc4)N(C)C)cc3)o2)cc1)c1ccccc1. The number of carbonyl (C=O) groups excluding carboxylic acids is 6. The van der Waals surface area contributed by atoms with Gasteiger partial charge in [-0.3, -0.25) is 38.6 Å². The average molecular weight is 962 g/mol. The number of nitrogens with zero attached hydrogens (tertiary/aromatic N) is 7. The Bertz CT molecular complexity index is 2530. The third-order valence-corrected chi connectivity index (χ3v) is 14.4. The van der Waals surface area contributed by atoms with E-state index in [0.717, 1.165) is 29.5 Å². The van der Waals surface area contributed by atoms with Crippen molar-refractivity contribution in [1.82, 2.24) is 34.4 Å². The summed E-state index contributed by atoms with van der Waals surface area (Å²) in [6, 6.07) is 30.0. The molecule has 5 aromatic rings. The molecule has 2 unspecified atom stereocenters. The van der Waals surface area contributed by atoms with Crippen LogP contribution >= 0.6 is 0 Å². The second-order valence-corrected chi connectivity index (χ2v) is 19.5. The Balaban J connectivity index is 0.783. The summed E-state index contributed by atoms with van der Waals surface area (Å²) in [7, 11) is 7.47. The molecule has 4 aliphatic rings. The highest BCUT2D eigenvalue weighted by molar-refractivity contribution is 6.00. The zero-order valence-corrected chi connectivity index (χ0v) is 40.9. The van der Waals surface area contributed by atoms with E-state index >= 15 is 0 Å². The van der Waals surface area contributed by atoms with Gasteiger partial charge >= 0.3 is 0 Å². The minimum absolute atomic E-state index is 0.112. The molecule has 0 bridgehead atoms. The van der Waals surface area contributed by atoms with E-state index in [1.807, 2.05) is 123 Å². The molecule has 4 saturated heterocycles. The fraction of sp³-hybridized carbons (Fsp3) is 0.400. The molecule has 4 fully saturated rings. The van der Waals surface area contributed by atoms with Crippen LogP contribution in [0.1, 0.15) is 74.6 Å². The smallest absolute Gasteiger partial charge is 0.247 e. The van der Waals surface area contributed by atoms with Crippen LogP contribution in [0.5, 0.6) is 0 Å².